The van der Waals surface area contributed by atoms with Crippen molar-refractivity contribution in [3.8, 4) is 23.0 Å². The second-order valence-corrected chi connectivity index (χ2v) is 14.5. The number of benzene rings is 3. The maximum atomic E-state index is 13.3. The van der Waals surface area contributed by atoms with E-state index in [2.05, 4.69) is 14.9 Å². The van der Waals surface area contributed by atoms with Crippen molar-refractivity contribution in [2.45, 2.75) is 64.9 Å². The largest absolute Gasteiger partial charge is 0.497 e. The minimum atomic E-state index is -0.591. The molecule has 1 amide bonds. The van der Waals surface area contributed by atoms with Gasteiger partial charge in [-0.05, 0) is 75.6 Å². The molecule has 0 spiro atoms. The SMILES string of the molecule is COc1ccc2ncc(=O)n(CC=O)c2c1.COc1ccc2ncc(=O)n(CCN3CCC(N(Cc4ccc5c(c4)OCCO5)C(=O)OC(C)(C)C)CC3)c2c1. The first-order valence-electron chi connectivity index (χ1n) is 18.6. The van der Waals surface area contributed by atoms with Crippen LogP contribution in [-0.2, 0) is 29.2 Å². The zero-order valence-corrected chi connectivity index (χ0v) is 32.4. The smallest absolute Gasteiger partial charge is 0.410 e. The van der Waals surface area contributed by atoms with Crippen molar-refractivity contribution in [3.05, 3.63) is 93.3 Å². The van der Waals surface area contributed by atoms with Crippen molar-refractivity contribution in [1.82, 2.24) is 28.9 Å². The lowest BCUT2D eigenvalue weighted by Gasteiger charge is -2.39. The summed E-state index contributed by atoms with van der Waals surface area (Å²) in [4.78, 5) is 60.5. The minimum absolute atomic E-state index is 0.0189. The van der Waals surface area contributed by atoms with E-state index in [1.165, 1.54) is 17.0 Å². The first kappa shape index (κ1) is 39.7. The Morgan fingerprint density at radius 1 is 0.821 bits per heavy atom. The van der Waals surface area contributed by atoms with Crippen LogP contribution >= 0.6 is 0 Å². The maximum Gasteiger partial charge on any atom is 0.410 e. The van der Waals surface area contributed by atoms with Crippen LogP contribution in [0.5, 0.6) is 23.0 Å². The van der Waals surface area contributed by atoms with Crippen molar-refractivity contribution in [2.75, 3.05) is 47.1 Å². The van der Waals surface area contributed by atoms with Crippen LogP contribution in [-0.4, -0.2) is 100.0 Å². The van der Waals surface area contributed by atoms with Crippen LogP contribution in [0.3, 0.4) is 0 Å². The van der Waals surface area contributed by atoms with E-state index in [0.717, 1.165) is 54.8 Å². The van der Waals surface area contributed by atoms with Gasteiger partial charge < -0.3 is 42.8 Å². The molecule has 1 saturated heterocycles. The number of rotatable bonds is 10. The van der Waals surface area contributed by atoms with E-state index in [4.69, 9.17) is 23.7 Å². The molecule has 0 atom stereocenters. The normalized spacial score (nSPS) is 14.4. The van der Waals surface area contributed by atoms with Crippen LogP contribution in [0.25, 0.3) is 22.1 Å². The molecular weight excluding hydrogens is 720 g/mol. The lowest BCUT2D eigenvalue weighted by atomic mass is 10.0. The van der Waals surface area contributed by atoms with Gasteiger partial charge >= 0.3 is 6.09 Å². The number of methoxy groups -OCH3 is 2. The van der Waals surface area contributed by atoms with Gasteiger partial charge in [0, 0.05) is 50.9 Å². The van der Waals surface area contributed by atoms with Gasteiger partial charge in [0.2, 0.25) is 0 Å². The fraction of sp³-hybridized carbons (Fsp3) is 0.415. The zero-order valence-electron chi connectivity index (χ0n) is 32.4. The highest BCUT2D eigenvalue weighted by Gasteiger charge is 2.31. The van der Waals surface area contributed by atoms with E-state index in [9.17, 15) is 19.2 Å². The molecule has 0 bridgehead atoms. The summed E-state index contributed by atoms with van der Waals surface area (Å²) in [5.41, 5.74) is 2.71. The Kier molecular flexibility index (Phi) is 12.5. The molecule has 56 heavy (non-hydrogen) atoms. The van der Waals surface area contributed by atoms with Crippen LogP contribution in [0.15, 0.2) is 76.6 Å². The highest BCUT2D eigenvalue weighted by Crippen LogP contribution is 2.32. The second-order valence-electron chi connectivity index (χ2n) is 14.5. The molecular formula is C41H48N6O9. The Balaban J connectivity index is 0.000000277. The van der Waals surface area contributed by atoms with Crippen molar-refractivity contribution in [2.24, 2.45) is 0 Å². The third kappa shape index (κ3) is 9.63. The molecule has 3 aromatic carbocycles. The van der Waals surface area contributed by atoms with E-state index in [1.54, 1.807) is 37.0 Å². The lowest BCUT2D eigenvalue weighted by molar-refractivity contribution is -0.108. The van der Waals surface area contributed by atoms with Gasteiger partial charge in [0.05, 0.1) is 55.2 Å². The third-order valence-corrected chi connectivity index (χ3v) is 9.59. The Morgan fingerprint density at radius 2 is 1.41 bits per heavy atom. The summed E-state index contributed by atoms with van der Waals surface area (Å²) in [6, 6.07) is 16.6. The molecule has 0 saturated carbocycles. The van der Waals surface area contributed by atoms with Gasteiger partial charge in [-0.3, -0.25) is 14.2 Å². The van der Waals surface area contributed by atoms with Crippen LogP contribution in [0, 0.1) is 0 Å². The van der Waals surface area contributed by atoms with Crippen molar-refractivity contribution >= 4 is 34.4 Å². The standard InChI is InChI=1S/C30H38N4O6.C11H10N2O3/c1-30(2,3)40-29(36)34(20-21-5-8-26-27(17-21)39-16-15-38-26)22-9-11-32(12-10-22)13-14-33-25-18-23(37-4)6-7-24(25)31-19-28(33)35;1-16-8-2-3-9-10(6-8)13(4-5-14)11(15)7-12-9/h5-8,17-19,22H,9-16,20H2,1-4H3;2-3,5-7H,4H2,1H3. The Morgan fingerprint density at radius 3 is 2.00 bits per heavy atom. The van der Waals surface area contributed by atoms with Crippen LogP contribution < -0.4 is 30.1 Å². The molecule has 0 unspecified atom stereocenters. The van der Waals surface area contributed by atoms with Crippen LogP contribution in [0.2, 0.25) is 0 Å². The van der Waals surface area contributed by atoms with Crippen molar-refractivity contribution < 1.29 is 33.3 Å². The van der Waals surface area contributed by atoms with Gasteiger partial charge in [-0.25, -0.2) is 14.8 Å². The summed E-state index contributed by atoms with van der Waals surface area (Å²) in [6.45, 7) is 10.0. The number of fused-ring (bicyclic) bond motifs is 3. The fourth-order valence-electron chi connectivity index (χ4n) is 6.77. The number of carbonyl (C=O) groups is 2. The molecule has 2 aromatic heterocycles. The minimum Gasteiger partial charge on any atom is -0.497 e. The number of hydrogen-bond donors (Lipinski definition) is 0. The average molecular weight is 769 g/mol. The van der Waals surface area contributed by atoms with Gasteiger partial charge in [-0.2, -0.15) is 0 Å². The Hall–Kier alpha value is -5.96. The zero-order chi connectivity index (χ0) is 39.8. The number of amides is 1. The topological polar surface area (TPSA) is 157 Å². The molecule has 0 aliphatic carbocycles. The number of hydrogen-bond acceptors (Lipinski definition) is 12. The number of carbonyl (C=O) groups excluding carboxylic acids is 2. The quantitative estimate of drug-likeness (QED) is 0.181. The van der Waals surface area contributed by atoms with Crippen molar-refractivity contribution in [3.63, 3.8) is 0 Å². The second kappa shape index (κ2) is 17.7. The average Bonchev–Trinajstić information content (AvgIpc) is 3.20. The number of likely N-dealkylation sites (tertiary alicyclic amines) is 1. The fourth-order valence-corrected chi connectivity index (χ4v) is 6.77. The molecule has 2 aliphatic heterocycles. The number of ether oxygens (including phenoxy) is 5. The lowest BCUT2D eigenvalue weighted by Crippen LogP contribution is -2.49. The molecule has 0 radical (unpaired) electrons. The predicted molar refractivity (Wildman–Crippen MR) is 210 cm³/mol. The summed E-state index contributed by atoms with van der Waals surface area (Å²) < 4.78 is 30.8. The predicted octanol–water partition coefficient (Wildman–Crippen LogP) is 4.68. The monoisotopic (exact) mass is 768 g/mol. The number of piperidine rings is 1. The van der Waals surface area contributed by atoms with E-state index in [-0.39, 0.29) is 29.8 Å². The van der Waals surface area contributed by atoms with E-state index >= 15 is 0 Å². The molecule has 4 heterocycles. The summed E-state index contributed by atoms with van der Waals surface area (Å²) >= 11 is 0. The number of nitrogens with zero attached hydrogens (tertiary/aromatic N) is 6. The first-order valence-corrected chi connectivity index (χ1v) is 18.6. The summed E-state index contributed by atoms with van der Waals surface area (Å²) in [5.74, 6) is 2.75. The van der Waals surface area contributed by atoms with Gasteiger partial charge in [-0.15, -0.1) is 0 Å². The molecule has 296 valence electrons. The molecule has 1 fully saturated rings. The van der Waals surface area contributed by atoms with Gasteiger partial charge in [0.25, 0.3) is 11.1 Å². The van der Waals surface area contributed by atoms with Gasteiger partial charge in [0.15, 0.2) is 11.5 Å². The summed E-state index contributed by atoms with van der Waals surface area (Å²) in [6.07, 6.45) is 4.56. The summed E-state index contributed by atoms with van der Waals surface area (Å²) in [7, 11) is 3.15. The van der Waals surface area contributed by atoms with Crippen molar-refractivity contribution in [1.29, 1.82) is 0 Å². The molecule has 2 aliphatic rings. The van der Waals surface area contributed by atoms with E-state index < -0.39 is 5.60 Å². The Labute approximate surface area is 324 Å². The van der Waals surface area contributed by atoms with Crippen LogP contribution in [0.4, 0.5) is 4.79 Å². The van der Waals surface area contributed by atoms with Gasteiger partial charge in [-0.1, -0.05) is 6.07 Å². The summed E-state index contributed by atoms with van der Waals surface area (Å²) in [5, 5.41) is 0. The molecule has 5 aromatic rings. The molecule has 15 nitrogen and oxygen atoms in total. The number of aldehydes is 1. The molecule has 15 heteroatoms. The van der Waals surface area contributed by atoms with Gasteiger partial charge in [0.1, 0.15) is 36.6 Å². The Bertz CT molecular complexity index is 2290. The van der Waals surface area contributed by atoms with Crippen LogP contribution in [0.1, 0.15) is 39.2 Å². The molecule has 7 rings (SSSR count). The highest BCUT2D eigenvalue weighted by molar-refractivity contribution is 5.77. The highest BCUT2D eigenvalue weighted by atomic mass is 16.6. The van der Waals surface area contributed by atoms with E-state index in [0.29, 0.717) is 60.9 Å². The number of aromatic nitrogens is 4. The molecule has 0 N–H and O–H groups in total. The maximum absolute atomic E-state index is 13.3. The third-order valence-electron chi connectivity index (χ3n) is 9.59. The first-order chi connectivity index (χ1) is 27.0. The van der Waals surface area contributed by atoms with E-state index in [1.807, 2.05) is 62.1 Å².